The zero-order valence-corrected chi connectivity index (χ0v) is 10.5. The summed E-state index contributed by atoms with van der Waals surface area (Å²) in [6, 6.07) is 2.26. The number of aromatic nitrogens is 3. The van der Waals surface area contributed by atoms with Gasteiger partial charge in [0.1, 0.15) is 0 Å². The van der Waals surface area contributed by atoms with Crippen molar-refractivity contribution in [3.63, 3.8) is 0 Å². The fourth-order valence-electron chi connectivity index (χ4n) is 2.37. The van der Waals surface area contributed by atoms with Crippen molar-refractivity contribution in [2.45, 2.75) is 25.3 Å². The van der Waals surface area contributed by atoms with E-state index in [-0.39, 0.29) is 6.04 Å². The number of aryl methyl sites for hydroxylation is 3. The van der Waals surface area contributed by atoms with Gasteiger partial charge in [-0.3, -0.25) is 10.5 Å². The second kappa shape index (κ2) is 4.21. The lowest BCUT2D eigenvalue weighted by Crippen LogP contribution is -2.29. The minimum absolute atomic E-state index is 0.00870. The van der Waals surface area contributed by atoms with Crippen LogP contribution in [0.15, 0.2) is 12.3 Å². The second-order valence-electron chi connectivity index (χ2n) is 4.33. The molecule has 0 bridgehead atoms. The van der Waals surface area contributed by atoms with Crippen LogP contribution < -0.4 is 11.3 Å². The van der Waals surface area contributed by atoms with Crippen molar-refractivity contribution in [3.8, 4) is 0 Å². The van der Waals surface area contributed by atoms with Gasteiger partial charge in [-0.2, -0.15) is 0 Å². The number of nitrogens with two attached hydrogens (primary N) is 1. The van der Waals surface area contributed by atoms with Gasteiger partial charge in [0.2, 0.25) is 0 Å². The highest BCUT2D eigenvalue weighted by atomic mass is 32.1. The maximum atomic E-state index is 5.67. The van der Waals surface area contributed by atoms with Crippen LogP contribution in [-0.4, -0.2) is 15.0 Å². The van der Waals surface area contributed by atoms with E-state index in [1.807, 2.05) is 18.4 Å². The third-order valence-electron chi connectivity index (χ3n) is 3.26. The highest BCUT2D eigenvalue weighted by Gasteiger charge is 2.22. The first-order valence-corrected chi connectivity index (χ1v) is 6.53. The van der Waals surface area contributed by atoms with E-state index in [2.05, 4.69) is 21.8 Å². The summed E-state index contributed by atoms with van der Waals surface area (Å²) in [5, 5.41) is 7.85. The maximum absolute atomic E-state index is 5.67. The van der Waals surface area contributed by atoms with E-state index >= 15 is 0 Å². The predicted molar refractivity (Wildman–Crippen MR) is 66.5 cm³/mol. The molecule has 0 aliphatic heterocycles. The van der Waals surface area contributed by atoms with Gasteiger partial charge in [-0.15, -0.1) is 16.4 Å². The van der Waals surface area contributed by atoms with Gasteiger partial charge in [0.25, 0.3) is 0 Å². The van der Waals surface area contributed by atoms with E-state index < -0.39 is 0 Å². The fourth-order valence-corrected chi connectivity index (χ4v) is 3.70. The molecule has 0 aromatic carbocycles. The van der Waals surface area contributed by atoms with Crippen molar-refractivity contribution in [2.24, 2.45) is 12.9 Å². The second-order valence-corrected chi connectivity index (χ2v) is 5.50. The quantitative estimate of drug-likeness (QED) is 0.627. The monoisotopic (exact) mass is 249 g/mol. The number of hydrazine groups is 1. The number of fused-ring (bicyclic) bond motifs is 1. The molecule has 6 heteroatoms. The van der Waals surface area contributed by atoms with Gasteiger partial charge in [-0.25, -0.2) is 5.43 Å². The number of hydrogen-bond acceptors (Lipinski definition) is 5. The Morgan fingerprint density at radius 2 is 2.41 bits per heavy atom. The lowest BCUT2D eigenvalue weighted by Gasteiger charge is -2.13. The van der Waals surface area contributed by atoms with Crippen LogP contribution >= 0.6 is 11.3 Å². The summed E-state index contributed by atoms with van der Waals surface area (Å²) < 4.78 is 1.76. The summed E-state index contributed by atoms with van der Waals surface area (Å²) in [6.45, 7) is 0. The smallest absolute Gasteiger partial charge is 0.0986 e. The third-order valence-corrected chi connectivity index (χ3v) is 4.56. The van der Waals surface area contributed by atoms with Crippen LogP contribution in [0.25, 0.3) is 0 Å². The summed E-state index contributed by atoms with van der Waals surface area (Å²) in [5.74, 6) is 5.67. The maximum Gasteiger partial charge on any atom is 0.0986 e. The fraction of sp³-hybridized carbons (Fsp3) is 0.455. The topological polar surface area (TPSA) is 68.8 Å². The molecular formula is C11H15N5S. The van der Waals surface area contributed by atoms with Crippen LogP contribution in [-0.2, 0) is 19.9 Å². The molecule has 3 rings (SSSR count). The van der Waals surface area contributed by atoms with E-state index in [1.165, 1.54) is 34.6 Å². The summed E-state index contributed by atoms with van der Waals surface area (Å²) in [7, 11) is 1.88. The van der Waals surface area contributed by atoms with Crippen LogP contribution in [0.2, 0.25) is 0 Å². The highest BCUT2D eigenvalue weighted by molar-refractivity contribution is 7.12. The van der Waals surface area contributed by atoms with Crippen LogP contribution in [0.4, 0.5) is 0 Å². The van der Waals surface area contributed by atoms with Crippen LogP contribution in [0, 0.1) is 0 Å². The average Bonchev–Trinajstić information content (AvgIpc) is 2.96. The van der Waals surface area contributed by atoms with Crippen molar-refractivity contribution in [3.05, 3.63) is 33.3 Å². The van der Waals surface area contributed by atoms with E-state index in [0.29, 0.717) is 0 Å². The molecule has 17 heavy (non-hydrogen) atoms. The minimum atomic E-state index is -0.00870. The molecular weight excluding hydrogens is 234 g/mol. The first-order valence-electron chi connectivity index (χ1n) is 5.72. The van der Waals surface area contributed by atoms with Crippen LogP contribution in [0.5, 0.6) is 0 Å². The zero-order chi connectivity index (χ0) is 11.8. The Morgan fingerprint density at radius 3 is 3.06 bits per heavy atom. The molecule has 3 N–H and O–H groups in total. The molecule has 90 valence electrons. The van der Waals surface area contributed by atoms with Gasteiger partial charge >= 0.3 is 0 Å². The van der Waals surface area contributed by atoms with Crippen molar-refractivity contribution < 1.29 is 0 Å². The number of thiophene rings is 1. The molecule has 0 saturated heterocycles. The molecule has 5 nitrogen and oxygen atoms in total. The molecule has 2 aromatic heterocycles. The third kappa shape index (κ3) is 1.78. The summed E-state index contributed by atoms with van der Waals surface area (Å²) in [6.07, 6.45) is 5.46. The average molecular weight is 249 g/mol. The highest BCUT2D eigenvalue weighted by Crippen LogP contribution is 2.35. The van der Waals surface area contributed by atoms with Gasteiger partial charge in [0, 0.05) is 16.8 Å². The van der Waals surface area contributed by atoms with Crippen LogP contribution in [0.3, 0.4) is 0 Å². The Hall–Kier alpha value is -1.24. The number of nitrogens with zero attached hydrogens (tertiary/aromatic N) is 3. The molecule has 1 atom stereocenters. The Balaban J connectivity index is 1.97. The molecule has 0 fully saturated rings. The molecule has 1 aliphatic carbocycles. The summed E-state index contributed by atoms with van der Waals surface area (Å²) in [5.41, 5.74) is 5.34. The minimum Gasteiger partial charge on any atom is -0.270 e. The van der Waals surface area contributed by atoms with Gasteiger partial charge in [0.05, 0.1) is 17.9 Å². The predicted octanol–water partition coefficient (Wildman–Crippen LogP) is 0.918. The molecule has 0 spiro atoms. The summed E-state index contributed by atoms with van der Waals surface area (Å²) in [4.78, 5) is 2.76. The standard InChI is InChI=1S/C11H15N5S/c1-16-8(6-13-15-16)11(14-12)10-5-7-3-2-4-9(7)17-10/h5-6,11,14H,2-4,12H2,1H3. The van der Waals surface area contributed by atoms with Crippen molar-refractivity contribution >= 4 is 11.3 Å². The van der Waals surface area contributed by atoms with Gasteiger partial charge < -0.3 is 0 Å². The number of nitrogens with one attached hydrogen (secondary N) is 1. The summed E-state index contributed by atoms with van der Waals surface area (Å²) >= 11 is 1.85. The van der Waals surface area contributed by atoms with E-state index in [9.17, 15) is 0 Å². The van der Waals surface area contributed by atoms with E-state index in [4.69, 9.17) is 5.84 Å². The molecule has 1 aliphatic rings. The number of hydrogen-bond donors (Lipinski definition) is 2. The van der Waals surface area contributed by atoms with Crippen molar-refractivity contribution in [1.29, 1.82) is 0 Å². The van der Waals surface area contributed by atoms with Crippen LogP contribution in [0.1, 0.15) is 33.5 Å². The Bertz CT molecular complexity index is 508. The molecule has 0 saturated carbocycles. The Kier molecular flexibility index (Phi) is 2.70. The number of rotatable bonds is 3. The lowest BCUT2D eigenvalue weighted by atomic mass is 10.1. The van der Waals surface area contributed by atoms with Gasteiger partial charge in [0.15, 0.2) is 0 Å². The van der Waals surface area contributed by atoms with Crippen molar-refractivity contribution in [1.82, 2.24) is 20.4 Å². The van der Waals surface area contributed by atoms with Gasteiger partial charge in [-0.1, -0.05) is 5.21 Å². The lowest BCUT2D eigenvalue weighted by molar-refractivity contribution is 0.576. The molecule has 2 heterocycles. The molecule has 0 radical (unpaired) electrons. The van der Waals surface area contributed by atoms with Gasteiger partial charge in [-0.05, 0) is 30.9 Å². The first kappa shape index (κ1) is 10.9. The van der Waals surface area contributed by atoms with Crippen molar-refractivity contribution in [2.75, 3.05) is 0 Å². The molecule has 2 aromatic rings. The Labute approximate surface area is 104 Å². The SMILES string of the molecule is Cn1nncc1C(NN)c1cc2c(s1)CCC2. The molecule has 0 amide bonds. The first-order chi connectivity index (χ1) is 8.29. The largest absolute Gasteiger partial charge is 0.270 e. The Morgan fingerprint density at radius 1 is 1.53 bits per heavy atom. The zero-order valence-electron chi connectivity index (χ0n) is 9.68. The van der Waals surface area contributed by atoms with E-state index in [0.717, 1.165) is 5.69 Å². The molecule has 1 unspecified atom stereocenters. The normalized spacial score (nSPS) is 16.1. The van der Waals surface area contributed by atoms with E-state index in [1.54, 1.807) is 10.9 Å².